The molecule has 0 bridgehead atoms. The van der Waals surface area contributed by atoms with Gasteiger partial charge in [0.1, 0.15) is 5.69 Å². The number of anilines is 1. The number of carbonyl (C=O) groups is 2. The van der Waals surface area contributed by atoms with Crippen molar-refractivity contribution in [3.05, 3.63) is 83.9 Å². The van der Waals surface area contributed by atoms with Crippen molar-refractivity contribution >= 4 is 17.6 Å². The standard InChI is InChI=1S/C31H31N3O3/c1-20-13-18-27(21(2)19-20)34-31(37-22(3)35)28(29(33-34)24-9-5-4-6-10-24)23-14-16-26(17-15-23)32-30(36)25-11-7-8-12-25/h4-6,9-10,13-19,25H,7-8,11-12H2,1-3H3,(H,32,36). The van der Waals surface area contributed by atoms with Crippen molar-refractivity contribution in [3.8, 4) is 34.0 Å². The van der Waals surface area contributed by atoms with Gasteiger partial charge in [0.2, 0.25) is 11.8 Å². The molecular weight excluding hydrogens is 462 g/mol. The van der Waals surface area contributed by atoms with E-state index < -0.39 is 5.97 Å². The third-order valence-electron chi connectivity index (χ3n) is 6.88. The number of amides is 1. The van der Waals surface area contributed by atoms with Crippen molar-refractivity contribution < 1.29 is 14.3 Å². The van der Waals surface area contributed by atoms with Gasteiger partial charge in [-0.05, 0) is 56.0 Å². The third kappa shape index (κ3) is 5.19. The number of nitrogens with one attached hydrogen (secondary N) is 1. The highest BCUT2D eigenvalue weighted by Crippen LogP contribution is 2.41. The predicted molar refractivity (Wildman–Crippen MR) is 146 cm³/mol. The van der Waals surface area contributed by atoms with Gasteiger partial charge in [-0.1, -0.05) is 73.0 Å². The second-order valence-electron chi connectivity index (χ2n) is 9.74. The van der Waals surface area contributed by atoms with Gasteiger partial charge >= 0.3 is 5.97 Å². The van der Waals surface area contributed by atoms with Crippen LogP contribution in [0.1, 0.15) is 43.7 Å². The summed E-state index contributed by atoms with van der Waals surface area (Å²) in [4.78, 5) is 24.9. The normalized spacial score (nSPS) is 13.5. The average Bonchev–Trinajstić information content (AvgIpc) is 3.54. The van der Waals surface area contributed by atoms with E-state index in [0.717, 1.165) is 64.9 Å². The van der Waals surface area contributed by atoms with Crippen LogP contribution in [0.15, 0.2) is 72.8 Å². The first-order valence-electron chi connectivity index (χ1n) is 12.8. The molecule has 0 radical (unpaired) electrons. The Morgan fingerprint density at radius 1 is 0.919 bits per heavy atom. The molecular formula is C31H31N3O3. The summed E-state index contributed by atoms with van der Waals surface area (Å²) in [6, 6.07) is 23.6. The minimum atomic E-state index is -0.424. The molecule has 0 atom stereocenters. The maximum absolute atomic E-state index is 12.6. The first kappa shape index (κ1) is 24.5. The van der Waals surface area contributed by atoms with Gasteiger partial charge in [0.25, 0.3) is 0 Å². The molecule has 1 aliphatic carbocycles. The lowest BCUT2D eigenvalue weighted by molar-refractivity contribution is -0.132. The summed E-state index contributed by atoms with van der Waals surface area (Å²) in [5, 5.41) is 8.02. The molecule has 0 saturated heterocycles. The molecule has 0 spiro atoms. The SMILES string of the molecule is CC(=O)Oc1c(-c2ccc(NC(=O)C3CCCC3)cc2)c(-c2ccccc2)nn1-c1ccc(C)cc1C. The Morgan fingerprint density at radius 3 is 2.27 bits per heavy atom. The van der Waals surface area contributed by atoms with Crippen LogP contribution in [0.2, 0.25) is 0 Å². The Hall–Kier alpha value is -4.19. The molecule has 1 saturated carbocycles. The quantitative estimate of drug-likeness (QED) is 0.297. The summed E-state index contributed by atoms with van der Waals surface area (Å²) in [7, 11) is 0. The lowest BCUT2D eigenvalue weighted by Gasteiger charge is -2.13. The molecule has 4 aromatic rings. The van der Waals surface area contributed by atoms with Gasteiger partial charge in [-0.15, -0.1) is 0 Å². The van der Waals surface area contributed by atoms with E-state index in [1.165, 1.54) is 6.92 Å². The highest BCUT2D eigenvalue weighted by Gasteiger charge is 2.26. The van der Waals surface area contributed by atoms with E-state index in [4.69, 9.17) is 9.84 Å². The number of hydrogen-bond acceptors (Lipinski definition) is 4. The van der Waals surface area contributed by atoms with Gasteiger partial charge in [0.15, 0.2) is 0 Å². The van der Waals surface area contributed by atoms with Crippen molar-refractivity contribution in [3.63, 3.8) is 0 Å². The van der Waals surface area contributed by atoms with Gasteiger partial charge in [0, 0.05) is 24.1 Å². The topological polar surface area (TPSA) is 73.2 Å². The van der Waals surface area contributed by atoms with Crippen molar-refractivity contribution in [1.82, 2.24) is 9.78 Å². The van der Waals surface area contributed by atoms with E-state index in [0.29, 0.717) is 11.6 Å². The Bertz CT molecular complexity index is 1430. The number of rotatable bonds is 6. The third-order valence-corrected chi connectivity index (χ3v) is 6.88. The molecule has 5 rings (SSSR count). The lowest BCUT2D eigenvalue weighted by Crippen LogP contribution is -2.20. The first-order valence-corrected chi connectivity index (χ1v) is 12.8. The van der Waals surface area contributed by atoms with E-state index in [1.54, 1.807) is 4.68 Å². The zero-order valence-electron chi connectivity index (χ0n) is 21.5. The van der Waals surface area contributed by atoms with Crippen LogP contribution in [0.4, 0.5) is 5.69 Å². The summed E-state index contributed by atoms with van der Waals surface area (Å²) in [5.74, 6) is 0.114. The largest absolute Gasteiger partial charge is 0.407 e. The Morgan fingerprint density at radius 2 is 1.62 bits per heavy atom. The van der Waals surface area contributed by atoms with Gasteiger partial charge in [-0.3, -0.25) is 9.59 Å². The molecule has 1 aromatic heterocycles. The van der Waals surface area contributed by atoms with Crippen LogP contribution in [0.5, 0.6) is 5.88 Å². The second-order valence-corrected chi connectivity index (χ2v) is 9.74. The lowest BCUT2D eigenvalue weighted by atomic mass is 10.0. The maximum atomic E-state index is 12.6. The Balaban J connectivity index is 1.62. The molecule has 6 nitrogen and oxygen atoms in total. The van der Waals surface area contributed by atoms with Crippen LogP contribution in [0.3, 0.4) is 0 Å². The van der Waals surface area contributed by atoms with Crippen molar-refractivity contribution in [2.45, 2.75) is 46.5 Å². The van der Waals surface area contributed by atoms with Crippen molar-refractivity contribution in [1.29, 1.82) is 0 Å². The van der Waals surface area contributed by atoms with Crippen molar-refractivity contribution in [2.24, 2.45) is 5.92 Å². The maximum Gasteiger partial charge on any atom is 0.309 e. The van der Waals surface area contributed by atoms with Crippen LogP contribution in [0.25, 0.3) is 28.1 Å². The zero-order valence-corrected chi connectivity index (χ0v) is 21.5. The van der Waals surface area contributed by atoms with Crippen LogP contribution in [0, 0.1) is 19.8 Å². The summed E-state index contributed by atoms with van der Waals surface area (Å²) in [6.07, 6.45) is 4.13. The Labute approximate surface area is 217 Å². The fourth-order valence-electron chi connectivity index (χ4n) is 5.05. The summed E-state index contributed by atoms with van der Waals surface area (Å²) < 4.78 is 7.54. The molecule has 3 aromatic carbocycles. The Kier molecular flexibility index (Phi) is 6.91. The van der Waals surface area contributed by atoms with E-state index in [1.807, 2.05) is 80.6 Å². The van der Waals surface area contributed by atoms with Gasteiger partial charge in [-0.2, -0.15) is 9.78 Å². The van der Waals surface area contributed by atoms with Crippen LogP contribution < -0.4 is 10.1 Å². The fraction of sp³-hybridized carbons (Fsp3) is 0.258. The monoisotopic (exact) mass is 493 g/mol. The van der Waals surface area contributed by atoms with E-state index in [2.05, 4.69) is 11.4 Å². The molecule has 1 N–H and O–H groups in total. The van der Waals surface area contributed by atoms with Crippen LogP contribution >= 0.6 is 0 Å². The smallest absolute Gasteiger partial charge is 0.309 e. The highest BCUT2D eigenvalue weighted by molar-refractivity contribution is 5.93. The number of carbonyl (C=O) groups excluding carboxylic acids is 2. The van der Waals surface area contributed by atoms with Gasteiger partial charge < -0.3 is 10.1 Å². The number of ether oxygens (including phenoxy) is 1. The summed E-state index contributed by atoms with van der Waals surface area (Å²) in [5.41, 5.74) is 6.92. The summed E-state index contributed by atoms with van der Waals surface area (Å²) >= 11 is 0. The van der Waals surface area contributed by atoms with Crippen LogP contribution in [-0.2, 0) is 9.59 Å². The van der Waals surface area contributed by atoms with E-state index in [9.17, 15) is 9.59 Å². The van der Waals surface area contributed by atoms with Gasteiger partial charge in [0.05, 0.1) is 11.3 Å². The number of nitrogens with zero attached hydrogens (tertiary/aromatic N) is 2. The molecule has 0 unspecified atom stereocenters. The zero-order chi connectivity index (χ0) is 25.9. The average molecular weight is 494 g/mol. The molecule has 1 heterocycles. The van der Waals surface area contributed by atoms with E-state index >= 15 is 0 Å². The number of esters is 1. The van der Waals surface area contributed by atoms with Crippen LogP contribution in [-0.4, -0.2) is 21.7 Å². The molecule has 0 aliphatic heterocycles. The second kappa shape index (κ2) is 10.4. The number of aryl methyl sites for hydroxylation is 2. The fourth-order valence-corrected chi connectivity index (χ4v) is 5.05. The molecule has 1 fully saturated rings. The molecule has 1 amide bonds. The molecule has 188 valence electrons. The number of aromatic nitrogens is 2. The minimum absolute atomic E-state index is 0.0819. The number of benzene rings is 3. The predicted octanol–water partition coefficient (Wildman–Crippen LogP) is 6.88. The van der Waals surface area contributed by atoms with Crippen molar-refractivity contribution in [2.75, 3.05) is 5.32 Å². The molecule has 37 heavy (non-hydrogen) atoms. The highest BCUT2D eigenvalue weighted by atomic mass is 16.5. The summed E-state index contributed by atoms with van der Waals surface area (Å²) in [6.45, 7) is 5.46. The number of hydrogen-bond donors (Lipinski definition) is 1. The minimum Gasteiger partial charge on any atom is -0.407 e. The molecule has 1 aliphatic rings. The molecule has 6 heteroatoms. The van der Waals surface area contributed by atoms with E-state index in [-0.39, 0.29) is 11.8 Å². The first-order chi connectivity index (χ1) is 17.9. The van der Waals surface area contributed by atoms with Gasteiger partial charge in [-0.25, -0.2) is 0 Å².